The number of nitrogens with one attached hydrogen (secondary N) is 1. The van der Waals surface area contributed by atoms with Crippen molar-refractivity contribution >= 4 is 28.2 Å². The van der Waals surface area contributed by atoms with Crippen molar-refractivity contribution in [3.8, 4) is 10.4 Å². The molecule has 0 atom stereocenters. The van der Waals surface area contributed by atoms with Gasteiger partial charge in [-0.2, -0.15) is 0 Å². The second-order valence-corrected chi connectivity index (χ2v) is 5.44. The molecule has 20 heavy (non-hydrogen) atoms. The van der Waals surface area contributed by atoms with E-state index in [1.165, 1.54) is 18.3 Å². The third-order valence-electron chi connectivity index (χ3n) is 2.81. The number of hydrogen-bond acceptors (Lipinski definition) is 4. The summed E-state index contributed by atoms with van der Waals surface area (Å²) in [4.78, 5) is 22.9. The average molecular weight is 289 g/mol. The van der Waals surface area contributed by atoms with E-state index in [0.29, 0.717) is 17.1 Å². The van der Waals surface area contributed by atoms with E-state index in [1.54, 1.807) is 6.07 Å². The second-order valence-electron chi connectivity index (χ2n) is 4.36. The zero-order valence-electron chi connectivity index (χ0n) is 11.0. The summed E-state index contributed by atoms with van der Waals surface area (Å²) in [6.45, 7) is 1.98. The lowest BCUT2D eigenvalue weighted by molar-refractivity contribution is -0.119. The van der Waals surface area contributed by atoms with E-state index in [9.17, 15) is 9.59 Å². The lowest BCUT2D eigenvalue weighted by Gasteiger charge is -2.03. The molecule has 6 heteroatoms. The number of nitrogen functional groups attached to an aromatic ring is 1. The fraction of sp³-hybridized carbons (Fsp3) is 0.143. The van der Waals surface area contributed by atoms with Gasteiger partial charge in [0.2, 0.25) is 5.91 Å². The summed E-state index contributed by atoms with van der Waals surface area (Å²) < 4.78 is 0. The molecule has 1 heterocycles. The Morgan fingerprint density at radius 2 is 1.90 bits per heavy atom. The monoisotopic (exact) mass is 289 g/mol. The zero-order valence-corrected chi connectivity index (χ0v) is 11.8. The molecule has 104 valence electrons. The first-order valence-corrected chi connectivity index (χ1v) is 6.82. The molecule has 0 fully saturated rings. The topological polar surface area (TPSA) is 98.2 Å². The van der Waals surface area contributed by atoms with Crippen LogP contribution < -0.4 is 16.8 Å². The molecule has 5 N–H and O–H groups in total. The summed E-state index contributed by atoms with van der Waals surface area (Å²) in [5.41, 5.74) is 13.3. The number of hydrogen-bond donors (Lipinski definition) is 3. The van der Waals surface area contributed by atoms with Gasteiger partial charge < -0.3 is 16.8 Å². The molecule has 1 aromatic heterocycles. The Bertz CT molecular complexity index is 647. The van der Waals surface area contributed by atoms with Crippen LogP contribution in [0.15, 0.2) is 30.3 Å². The normalized spacial score (nSPS) is 10.2. The van der Waals surface area contributed by atoms with Crippen molar-refractivity contribution in [2.75, 3.05) is 5.73 Å². The van der Waals surface area contributed by atoms with Crippen LogP contribution in [-0.2, 0) is 11.3 Å². The van der Waals surface area contributed by atoms with Gasteiger partial charge in [-0.3, -0.25) is 9.59 Å². The van der Waals surface area contributed by atoms with E-state index in [-0.39, 0.29) is 5.91 Å². The molecule has 2 amide bonds. The smallest absolute Gasteiger partial charge is 0.251 e. The summed E-state index contributed by atoms with van der Waals surface area (Å²) >= 11 is 1.33. The summed E-state index contributed by atoms with van der Waals surface area (Å²) in [6, 6.07) is 9.39. The number of nitrogens with two attached hydrogens (primary N) is 2. The largest absolute Gasteiger partial charge is 0.390 e. The molecule has 5 nitrogen and oxygen atoms in total. The Morgan fingerprint density at radius 3 is 2.40 bits per heavy atom. The van der Waals surface area contributed by atoms with Crippen molar-refractivity contribution in [1.29, 1.82) is 0 Å². The minimum absolute atomic E-state index is 0.0637. The van der Waals surface area contributed by atoms with Crippen LogP contribution in [0.3, 0.4) is 0 Å². The molecule has 0 aliphatic rings. The summed E-state index contributed by atoms with van der Waals surface area (Å²) in [5.74, 6) is -0.585. The molecule has 0 aliphatic heterocycles. The molecule has 2 rings (SSSR count). The van der Waals surface area contributed by atoms with E-state index in [2.05, 4.69) is 5.32 Å². The van der Waals surface area contributed by atoms with E-state index >= 15 is 0 Å². The number of primary amides is 1. The molecule has 1 aromatic carbocycles. The van der Waals surface area contributed by atoms with Crippen LogP contribution in [0.5, 0.6) is 0 Å². The summed E-state index contributed by atoms with van der Waals surface area (Å²) in [6.07, 6.45) is 0. The lowest BCUT2D eigenvalue weighted by Crippen LogP contribution is -2.18. The predicted molar refractivity (Wildman–Crippen MR) is 80.2 cm³/mol. The number of amides is 2. The van der Waals surface area contributed by atoms with Gasteiger partial charge in [0.25, 0.3) is 5.91 Å². The molecule has 0 aliphatic carbocycles. The lowest BCUT2D eigenvalue weighted by atomic mass is 10.1. The van der Waals surface area contributed by atoms with E-state index in [0.717, 1.165) is 16.0 Å². The minimum atomic E-state index is -0.521. The number of carbonyl (C=O) groups is 2. The SMILES string of the molecule is CC(=O)NCc1ccc(-c2cc(C(N)=O)c(N)s2)cc1. The highest BCUT2D eigenvalue weighted by Gasteiger charge is 2.12. The Kier molecular flexibility index (Phi) is 4.05. The van der Waals surface area contributed by atoms with Crippen molar-refractivity contribution in [3.63, 3.8) is 0 Å². The van der Waals surface area contributed by atoms with Crippen LogP contribution in [0.2, 0.25) is 0 Å². The van der Waals surface area contributed by atoms with Gasteiger partial charge >= 0.3 is 0 Å². The number of anilines is 1. The van der Waals surface area contributed by atoms with E-state index < -0.39 is 5.91 Å². The first kappa shape index (κ1) is 14.1. The van der Waals surface area contributed by atoms with Crippen LogP contribution >= 0.6 is 11.3 Å². The van der Waals surface area contributed by atoms with Gasteiger partial charge in [-0.25, -0.2) is 0 Å². The number of rotatable bonds is 4. The van der Waals surface area contributed by atoms with Crippen LogP contribution in [0, 0.1) is 0 Å². The van der Waals surface area contributed by atoms with Crippen molar-refractivity contribution in [1.82, 2.24) is 5.32 Å². The maximum Gasteiger partial charge on any atom is 0.251 e. The van der Waals surface area contributed by atoms with Crippen molar-refractivity contribution in [2.24, 2.45) is 5.73 Å². The van der Waals surface area contributed by atoms with E-state index in [1.807, 2.05) is 24.3 Å². The first-order valence-electron chi connectivity index (χ1n) is 6.00. The standard InChI is InChI=1S/C14H15N3O2S/c1-8(18)17-7-9-2-4-10(5-3-9)12-6-11(13(15)19)14(16)20-12/h2-6H,7,16H2,1H3,(H2,15,19)(H,17,18). The third kappa shape index (κ3) is 3.16. The van der Waals surface area contributed by atoms with Gasteiger partial charge in [-0.05, 0) is 17.2 Å². The van der Waals surface area contributed by atoms with Crippen LogP contribution in [-0.4, -0.2) is 11.8 Å². The molecule has 0 spiro atoms. The quantitative estimate of drug-likeness (QED) is 0.799. The maximum atomic E-state index is 11.2. The Hall–Kier alpha value is -2.34. The van der Waals surface area contributed by atoms with Gasteiger partial charge in [-0.15, -0.1) is 11.3 Å². The fourth-order valence-electron chi connectivity index (χ4n) is 1.75. The molecule has 2 aromatic rings. The minimum Gasteiger partial charge on any atom is -0.390 e. The molecular weight excluding hydrogens is 274 g/mol. The molecule has 0 bridgehead atoms. The van der Waals surface area contributed by atoms with Crippen LogP contribution in [0.1, 0.15) is 22.8 Å². The van der Waals surface area contributed by atoms with Crippen molar-refractivity contribution in [2.45, 2.75) is 13.5 Å². The highest BCUT2D eigenvalue weighted by molar-refractivity contribution is 7.19. The van der Waals surface area contributed by atoms with Crippen LogP contribution in [0.25, 0.3) is 10.4 Å². The number of thiophene rings is 1. The van der Waals surface area contributed by atoms with Crippen molar-refractivity contribution in [3.05, 3.63) is 41.5 Å². The van der Waals surface area contributed by atoms with Gasteiger partial charge in [0.1, 0.15) is 0 Å². The first-order chi connectivity index (χ1) is 9.47. The fourth-order valence-corrected chi connectivity index (χ4v) is 2.69. The van der Waals surface area contributed by atoms with Gasteiger partial charge in [-0.1, -0.05) is 24.3 Å². The number of carbonyl (C=O) groups excluding carboxylic acids is 2. The second kappa shape index (κ2) is 5.75. The maximum absolute atomic E-state index is 11.2. The van der Waals surface area contributed by atoms with Crippen molar-refractivity contribution < 1.29 is 9.59 Å². The molecule has 0 unspecified atom stereocenters. The Labute approximate surface area is 120 Å². The molecular formula is C14H15N3O2S. The molecule has 0 radical (unpaired) electrons. The Morgan fingerprint density at radius 1 is 1.25 bits per heavy atom. The van der Waals surface area contributed by atoms with E-state index in [4.69, 9.17) is 11.5 Å². The highest BCUT2D eigenvalue weighted by atomic mass is 32.1. The van der Waals surface area contributed by atoms with Crippen LogP contribution in [0.4, 0.5) is 5.00 Å². The highest BCUT2D eigenvalue weighted by Crippen LogP contribution is 2.33. The van der Waals surface area contributed by atoms with Gasteiger partial charge in [0, 0.05) is 18.3 Å². The predicted octanol–water partition coefficient (Wildman–Crippen LogP) is 1.73. The zero-order chi connectivity index (χ0) is 14.7. The summed E-state index contributed by atoms with van der Waals surface area (Å²) in [7, 11) is 0. The number of benzene rings is 1. The third-order valence-corrected chi connectivity index (χ3v) is 3.82. The van der Waals surface area contributed by atoms with Gasteiger partial charge in [0.05, 0.1) is 10.6 Å². The average Bonchev–Trinajstić information content (AvgIpc) is 2.79. The van der Waals surface area contributed by atoms with Gasteiger partial charge in [0.15, 0.2) is 0 Å². The Balaban J connectivity index is 2.19. The molecule has 0 saturated carbocycles. The molecule has 0 saturated heterocycles. The summed E-state index contributed by atoms with van der Waals surface area (Å²) in [5, 5.41) is 3.16.